The fourth-order valence-corrected chi connectivity index (χ4v) is 5.32. The van der Waals surface area contributed by atoms with Crippen molar-refractivity contribution in [3.8, 4) is 0 Å². The number of ether oxygens (including phenoxy) is 3. The molecule has 0 saturated carbocycles. The van der Waals surface area contributed by atoms with Crippen LogP contribution in [-0.2, 0) is 23.8 Å². The first-order valence-electron chi connectivity index (χ1n) is 11.0. The van der Waals surface area contributed by atoms with E-state index in [0.29, 0.717) is 22.8 Å². The van der Waals surface area contributed by atoms with Gasteiger partial charge in [0, 0.05) is 23.0 Å². The van der Waals surface area contributed by atoms with Crippen LogP contribution in [0.15, 0.2) is 58.1 Å². The van der Waals surface area contributed by atoms with Crippen molar-refractivity contribution in [1.82, 2.24) is 0 Å². The number of ketones is 1. The van der Waals surface area contributed by atoms with Gasteiger partial charge in [-0.2, -0.15) is 0 Å². The summed E-state index contributed by atoms with van der Waals surface area (Å²) >= 11 is 6.50. The molecule has 1 aliphatic carbocycles. The molecule has 7 heteroatoms. The topological polar surface area (TPSA) is 82.1 Å². The number of rotatable bonds is 4. The number of halogens is 1. The number of aliphatic hydroxyl groups is 1. The molecule has 4 rings (SSSR count). The molecule has 0 aromatic heterocycles. The molecule has 4 aliphatic rings. The molecule has 32 heavy (non-hydrogen) atoms. The first-order chi connectivity index (χ1) is 15.0. The van der Waals surface area contributed by atoms with Gasteiger partial charge in [-0.1, -0.05) is 56.5 Å². The van der Waals surface area contributed by atoms with Gasteiger partial charge in [0.1, 0.15) is 17.3 Å². The highest BCUT2D eigenvalue weighted by molar-refractivity contribution is 6.45. The number of Topliss-reactive ketones (excluding diaryl/α,β-unsaturated/α-hetero) is 1. The van der Waals surface area contributed by atoms with Crippen LogP contribution in [0.5, 0.6) is 0 Å². The van der Waals surface area contributed by atoms with Crippen molar-refractivity contribution >= 4 is 23.4 Å². The summed E-state index contributed by atoms with van der Waals surface area (Å²) in [5.74, 6) is -4.22. The SMILES string of the molecule is CCC(C)/C=C(C)/C=C/C1=CC2=C(Cl)C(=O)C3(C)OC4(O)C(C)COC(=O)C4C3C2=CO1. The van der Waals surface area contributed by atoms with E-state index < -0.39 is 40.9 Å². The van der Waals surface area contributed by atoms with Gasteiger partial charge in [-0.25, -0.2) is 0 Å². The Morgan fingerprint density at radius 2 is 2.09 bits per heavy atom. The van der Waals surface area contributed by atoms with Crippen LogP contribution in [0.25, 0.3) is 0 Å². The molecule has 6 atom stereocenters. The fraction of sp³-hybridized carbons (Fsp3) is 0.520. The van der Waals surface area contributed by atoms with E-state index in [2.05, 4.69) is 19.9 Å². The zero-order chi connectivity index (χ0) is 23.4. The van der Waals surface area contributed by atoms with Crippen LogP contribution in [0.4, 0.5) is 0 Å². The number of allylic oxidation sites excluding steroid dienone is 6. The normalized spacial score (nSPS) is 37.8. The summed E-state index contributed by atoms with van der Waals surface area (Å²) in [7, 11) is 0. The summed E-state index contributed by atoms with van der Waals surface area (Å²) < 4.78 is 17.1. The van der Waals surface area contributed by atoms with Crippen LogP contribution in [0.2, 0.25) is 0 Å². The van der Waals surface area contributed by atoms with Crippen molar-refractivity contribution in [2.75, 3.05) is 6.61 Å². The van der Waals surface area contributed by atoms with E-state index in [1.807, 2.05) is 19.1 Å². The second kappa shape index (κ2) is 8.01. The Labute approximate surface area is 193 Å². The predicted molar refractivity (Wildman–Crippen MR) is 119 cm³/mol. The standard InChI is InChI=1S/C25H29ClO6/c1-6-13(2)9-14(3)7-8-16-10-17-18(12-30-16)19-20-23(28)31-11-15(4)25(20,29)32-24(19,5)22(27)21(17)26/h7-10,12-13,15,19-20,29H,6,11H2,1-5H3/b8-7+,14-9+. The van der Waals surface area contributed by atoms with Crippen molar-refractivity contribution in [2.45, 2.75) is 52.4 Å². The summed E-state index contributed by atoms with van der Waals surface area (Å²) in [5, 5.41) is 11.3. The maximum Gasteiger partial charge on any atom is 0.315 e. The molecule has 0 spiro atoms. The van der Waals surface area contributed by atoms with Crippen molar-refractivity contribution in [1.29, 1.82) is 0 Å². The smallest absolute Gasteiger partial charge is 0.315 e. The van der Waals surface area contributed by atoms with Gasteiger partial charge < -0.3 is 19.3 Å². The number of carbonyl (C=O) groups is 2. The van der Waals surface area contributed by atoms with Crippen molar-refractivity contribution in [3.63, 3.8) is 0 Å². The Balaban J connectivity index is 1.72. The van der Waals surface area contributed by atoms with Gasteiger partial charge in [-0.05, 0) is 31.9 Å². The second-order valence-electron chi connectivity index (χ2n) is 9.37. The summed E-state index contributed by atoms with van der Waals surface area (Å²) in [6, 6.07) is 0. The summed E-state index contributed by atoms with van der Waals surface area (Å²) in [4.78, 5) is 26.0. The van der Waals surface area contributed by atoms with Gasteiger partial charge in [-0.3, -0.25) is 9.59 Å². The van der Waals surface area contributed by atoms with Gasteiger partial charge in [0.25, 0.3) is 0 Å². The molecule has 3 heterocycles. The number of fused-ring (bicyclic) bond motifs is 5. The first kappa shape index (κ1) is 23.0. The highest BCUT2D eigenvalue weighted by Gasteiger charge is 2.72. The van der Waals surface area contributed by atoms with E-state index in [-0.39, 0.29) is 11.6 Å². The number of hydrogen-bond acceptors (Lipinski definition) is 6. The Morgan fingerprint density at radius 1 is 1.38 bits per heavy atom. The molecule has 0 aromatic carbocycles. The third-order valence-electron chi connectivity index (χ3n) is 7.03. The Bertz CT molecular complexity index is 1020. The Kier molecular flexibility index (Phi) is 5.76. The molecule has 172 valence electrons. The minimum absolute atomic E-state index is 0.000614. The van der Waals surface area contributed by atoms with Gasteiger partial charge >= 0.3 is 5.97 Å². The van der Waals surface area contributed by atoms with Crippen LogP contribution in [-0.4, -0.2) is 34.9 Å². The zero-order valence-electron chi connectivity index (χ0n) is 19.0. The first-order valence-corrected chi connectivity index (χ1v) is 11.4. The molecule has 3 aliphatic heterocycles. The minimum Gasteiger partial charge on any atom is -0.465 e. The third kappa shape index (κ3) is 3.40. The van der Waals surface area contributed by atoms with E-state index in [0.717, 1.165) is 12.0 Å². The average molecular weight is 461 g/mol. The monoisotopic (exact) mass is 460 g/mol. The zero-order valence-corrected chi connectivity index (χ0v) is 19.7. The van der Waals surface area contributed by atoms with Crippen LogP contribution in [0.3, 0.4) is 0 Å². The lowest BCUT2D eigenvalue weighted by Crippen LogP contribution is -2.53. The predicted octanol–water partition coefficient (Wildman–Crippen LogP) is 4.31. The van der Waals surface area contributed by atoms with Crippen LogP contribution in [0.1, 0.15) is 41.0 Å². The molecule has 1 N–H and O–H groups in total. The molecule has 2 saturated heterocycles. The minimum atomic E-state index is -1.82. The van der Waals surface area contributed by atoms with E-state index in [4.69, 9.17) is 25.8 Å². The number of carbonyl (C=O) groups excluding carboxylic acids is 2. The Hall–Kier alpha value is -2.15. The van der Waals surface area contributed by atoms with Gasteiger partial charge in [0.15, 0.2) is 5.79 Å². The maximum absolute atomic E-state index is 13.3. The molecule has 0 bridgehead atoms. The maximum atomic E-state index is 13.3. The highest BCUT2D eigenvalue weighted by atomic mass is 35.5. The van der Waals surface area contributed by atoms with Crippen LogP contribution < -0.4 is 0 Å². The van der Waals surface area contributed by atoms with E-state index in [1.54, 1.807) is 19.9 Å². The second-order valence-corrected chi connectivity index (χ2v) is 9.75. The largest absolute Gasteiger partial charge is 0.465 e. The van der Waals surface area contributed by atoms with Gasteiger partial charge in [0.2, 0.25) is 5.78 Å². The lowest BCUT2D eigenvalue weighted by molar-refractivity contribution is -0.276. The van der Waals surface area contributed by atoms with Gasteiger partial charge in [0.05, 0.1) is 17.9 Å². The summed E-state index contributed by atoms with van der Waals surface area (Å²) in [6.07, 6.45) is 10.2. The van der Waals surface area contributed by atoms with Crippen LogP contribution in [0, 0.1) is 23.7 Å². The highest BCUT2D eigenvalue weighted by Crippen LogP contribution is 2.59. The number of cyclic esters (lactones) is 1. The van der Waals surface area contributed by atoms with Crippen LogP contribution >= 0.6 is 11.6 Å². The van der Waals surface area contributed by atoms with E-state index in [1.165, 1.54) is 6.26 Å². The molecular weight excluding hydrogens is 432 g/mol. The molecule has 0 radical (unpaired) electrons. The Morgan fingerprint density at radius 3 is 2.78 bits per heavy atom. The molecule has 6 unspecified atom stereocenters. The van der Waals surface area contributed by atoms with Gasteiger partial charge in [-0.15, -0.1) is 0 Å². The summed E-state index contributed by atoms with van der Waals surface area (Å²) in [5.41, 5.74) is 0.628. The average Bonchev–Trinajstić information content (AvgIpc) is 3.03. The number of esters is 1. The fourth-order valence-electron chi connectivity index (χ4n) is 4.96. The van der Waals surface area contributed by atoms with Crippen molar-refractivity contribution < 1.29 is 28.9 Å². The van der Waals surface area contributed by atoms with Crippen molar-refractivity contribution in [3.05, 3.63) is 58.1 Å². The summed E-state index contributed by atoms with van der Waals surface area (Å²) in [6.45, 7) is 9.62. The van der Waals surface area contributed by atoms with E-state index >= 15 is 0 Å². The van der Waals surface area contributed by atoms with Crippen molar-refractivity contribution in [2.24, 2.45) is 23.7 Å². The third-order valence-corrected chi connectivity index (χ3v) is 7.40. The molecule has 6 nitrogen and oxygen atoms in total. The number of hydrogen-bond donors (Lipinski definition) is 1. The molecular formula is C25H29ClO6. The lowest BCUT2D eigenvalue weighted by atomic mass is 9.66. The molecule has 0 amide bonds. The van der Waals surface area contributed by atoms with E-state index in [9.17, 15) is 14.7 Å². The molecule has 2 fully saturated rings. The quantitative estimate of drug-likeness (QED) is 0.497. The molecule has 0 aromatic rings. The lowest BCUT2D eigenvalue weighted by Gasteiger charge is -2.38.